The Morgan fingerprint density at radius 1 is 1.15 bits per heavy atom. The van der Waals surface area contributed by atoms with Gasteiger partial charge in [-0.2, -0.15) is 0 Å². The molecule has 1 unspecified atom stereocenters. The van der Waals surface area contributed by atoms with Crippen molar-refractivity contribution in [1.29, 1.82) is 0 Å². The third-order valence-corrected chi connectivity index (χ3v) is 5.26. The molecule has 1 aromatic heterocycles. The second-order valence-corrected chi connectivity index (χ2v) is 7.14. The van der Waals surface area contributed by atoms with Crippen molar-refractivity contribution in [3.63, 3.8) is 0 Å². The normalized spacial score (nSPS) is 19.2. The summed E-state index contributed by atoms with van der Waals surface area (Å²) < 4.78 is 0. The van der Waals surface area contributed by atoms with E-state index in [1.165, 1.54) is 5.56 Å². The van der Waals surface area contributed by atoms with Crippen LogP contribution in [0.2, 0.25) is 0 Å². The number of piperazine rings is 1. The van der Waals surface area contributed by atoms with Crippen LogP contribution < -0.4 is 9.80 Å². The van der Waals surface area contributed by atoms with Crippen molar-refractivity contribution in [2.24, 2.45) is 0 Å². The molecule has 7 nitrogen and oxygen atoms in total. The molecule has 0 radical (unpaired) electrons. The van der Waals surface area contributed by atoms with Gasteiger partial charge in [-0.05, 0) is 31.9 Å². The van der Waals surface area contributed by atoms with E-state index in [2.05, 4.69) is 27.9 Å². The van der Waals surface area contributed by atoms with E-state index in [1.807, 2.05) is 30.0 Å². The minimum atomic E-state index is -0.0919. The first-order valence-electron chi connectivity index (χ1n) is 9.28. The fourth-order valence-corrected chi connectivity index (χ4v) is 3.88. The number of amides is 2. The van der Waals surface area contributed by atoms with Crippen LogP contribution in [-0.2, 0) is 11.2 Å². The molecule has 2 aliphatic heterocycles. The maximum Gasteiger partial charge on any atom is 0.277 e. The van der Waals surface area contributed by atoms with E-state index in [4.69, 9.17) is 0 Å². The van der Waals surface area contributed by atoms with Gasteiger partial charge in [-0.25, -0.2) is 9.97 Å². The second-order valence-electron chi connectivity index (χ2n) is 7.14. The van der Waals surface area contributed by atoms with E-state index in [0.29, 0.717) is 37.7 Å². The van der Waals surface area contributed by atoms with Gasteiger partial charge in [0.1, 0.15) is 17.3 Å². The van der Waals surface area contributed by atoms with Gasteiger partial charge in [0.05, 0.1) is 0 Å². The lowest BCUT2D eigenvalue weighted by Crippen LogP contribution is -2.46. The van der Waals surface area contributed by atoms with E-state index in [0.717, 1.165) is 24.3 Å². The van der Waals surface area contributed by atoms with Crippen LogP contribution in [0.4, 0.5) is 11.5 Å². The number of aryl methyl sites for hydroxylation is 1. The van der Waals surface area contributed by atoms with Gasteiger partial charge in [0.2, 0.25) is 6.41 Å². The number of hydrogen-bond donors (Lipinski definition) is 0. The summed E-state index contributed by atoms with van der Waals surface area (Å²) in [7, 11) is 0. The number of anilines is 2. The smallest absolute Gasteiger partial charge is 0.277 e. The Kier molecular flexibility index (Phi) is 4.51. The van der Waals surface area contributed by atoms with E-state index in [9.17, 15) is 9.59 Å². The molecule has 4 rings (SSSR count). The number of hydrogen-bond acceptors (Lipinski definition) is 5. The average molecular weight is 365 g/mol. The number of nitrogens with zero attached hydrogens (tertiary/aromatic N) is 5. The summed E-state index contributed by atoms with van der Waals surface area (Å²) in [5.41, 5.74) is 2.57. The molecule has 27 heavy (non-hydrogen) atoms. The van der Waals surface area contributed by atoms with Crippen LogP contribution >= 0.6 is 0 Å². The zero-order chi connectivity index (χ0) is 19.0. The Bertz CT molecular complexity index is 876. The van der Waals surface area contributed by atoms with E-state index >= 15 is 0 Å². The maximum absolute atomic E-state index is 13.3. The lowest BCUT2D eigenvalue weighted by atomic mass is 10.1. The molecule has 1 atom stereocenters. The third-order valence-electron chi connectivity index (χ3n) is 5.26. The SMILES string of the molecule is Cc1nc(C(=O)N2c3ccccc3CC2C)cc(N2CCN(C=O)CC2)n1. The van der Waals surface area contributed by atoms with Crippen molar-refractivity contribution >= 4 is 23.8 Å². The molecular weight excluding hydrogens is 342 g/mol. The van der Waals surface area contributed by atoms with Gasteiger partial charge in [0.25, 0.3) is 5.91 Å². The predicted molar refractivity (Wildman–Crippen MR) is 103 cm³/mol. The molecule has 140 valence electrons. The van der Waals surface area contributed by atoms with Crippen molar-refractivity contribution in [1.82, 2.24) is 14.9 Å². The Morgan fingerprint density at radius 2 is 1.89 bits per heavy atom. The van der Waals surface area contributed by atoms with Crippen LogP contribution in [0.15, 0.2) is 30.3 Å². The Hall–Kier alpha value is -2.96. The molecule has 0 bridgehead atoms. The molecule has 0 aliphatic carbocycles. The number of benzene rings is 1. The summed E-state index contributed by atoms with van der Waals surface area (Å²) >= 11 is 0. The minimum Gasteiger partial charge on any atom is -0.353 e. The highest BCUT2D eigenvalue weighted by atomic mass is 16.2. The van der Waals surface area contributed by atoms with Gasteiger partial charge >= 0.3 is 0 Å². The van der Waals surface area contributed by atoms with E-state index < -0.39 is 0 Å². The van der Waals surface area contributed by atoms with Gasteiger partial charge in [-0.3, -0.25) is 9.59 Å². The standard InChI is InChI=1S/C20H23N5O2/c1-14-11-16-5-3-4-6-18(16)25(14)20(27)17-12-19(22-15(2)21-17)24-9-7-23(13-26)8-10-24/h3-6,12-14H,7-11H2,1-2H3. The molecule has 1 aromatic carbocycles. The van der Waals surface area contributed by atoms with Gasteiger partial charge in [-0.15, -0.1) is 0 Å². The lowest BCUT2D eigenvalue weighted by molar-refractivity contribution is -0.118. The fraction of sp³-hybridized carbons (Fsp3) is 0.400. The molecule has 3 heterocycles. The minimum absolute atomic E-state index is 0.0919. The van der Waals surface area contributed by atoms with Crippen molar-refractivity contribution < 1.29 is 9.59 Å². The molecule has 7 heteroatoms. The summed E-state index contributed by atoms with van der Waals surface area (Å²) in [5, 5.41) is 0. The number of para-hydroxylation sites is 1. The molecule has 0 saturated carbocycles. The molecule has 0 spiro atoms. The second kappa shape index (κ2) is 6.98. The van der Waals surface area contributed by atoms with Crippen LogP contribution in [0, 0.1) is 6.92 Å². The number of aromatic nitrogens is 2. The lowest BCUT2D eigenvalue weighted by Gasteiger charge is -2.33. The highest BCUT2D eigenvalue weighted by Crippen LogP contribution is 2.33. The topological polar surface area (TPSA) is 69.6 Å². The summed E-state index contributed by atoms with van der Waals surface area (Å²) in [5.74, 6) is 1.23. The highest BCUT2D eigenvalue weighted by Gasteiger charge is 2.32. The molecule has 1 fully saturated rings. The quantitative estimate of drug-likeness (QED) is 0.774. The Morgan fingerprint density at radius 3 is 2.63 bits per heavy atom. The average Bonchev–Trinajstić information content (AvgIpc) is 3.02. The largest absolute Gasteiger partial charge is 0.353 e. The van der Waals surface area contributed by atoms with Crippen LogP contribution in [-0.4, -0.2) is 59.4 Å². The number of fused-ring (bicyclic) bond motifs is 1. The van der Waals surface area contributed by atoms with Crippen molar-refractivity contribution in [2.75, 3.05) is 36.0 Å². The predicted octanol–water partition coefficient (Wildman–Crippen LogP) is 1.65. The maximum atomic E-state index is 13.3. The summed E-state index contributed by atoms with van der Waals surface area (Å²) in [6.07, 6.45) is 1.73. The Balaban J connectivity index is 1.62. The van der Waals surface area contributed by atoms with Crippen molar-refractivity contribution in [3.8, 4) is 0 Å². The first-order chi connectivity index (χ1) is 13.1. The molecular formula is C20H23N5O2. The molecule has 0 N–H and O–H groups in total. The van der Waals surface area contributed by atoms with Gasteiger partial charge in [0.15, 0.2) is 0 Å². The van der Waals surface area contributed by atoms with Gasteiger partial charge < -0.3 is 14.7 Å². The zero-order valence-electron chi connectivity index (χ0n) is 15.6. The zero-order valence-corrected chi connectivity index (χ0v) is 15.6. The molecule has 2 amide bonds. The van der Waals surface area contributed by atoms with Crippen molar-refractivity contribution in [2.45, 2.75) is 26.3 Å². The van der Waals surface area contributed by atoms with Crippen LogP contribution in [0.3, 0.4) is 0 Å². The third kappa shape index (κ3) is 3.25. The van der Waals surface area contributed by atoms with Crippen LogP contribution in [0.1, 0.15) is 28.8 Å². The number of carbonyl (C=O) groups excluding carboxylic acids is 2. The summed E-state index contributed by atoms with van der Waals surface area (Å²) in [4.78, 5) is 38.8. The Labute approximate surface area is 158 Å². The van der Waals surface area contributed by atoms with Crippen LogP contribution in [0.5, 0.6) is 0 Å². The van der Waals surface area contributed by atoms with E-state index in [-0.39, 0.29) is 11.9 Å². The van der Waals surface area contributed by atoms with Gasteiger partial charge in [0, 0.05) is 44.0 Å². The first kappa shape index (κ1) is 17.5. The summed E-state index contributed by atoms with van der Waals surface area (Å²) in [6, 6.07) is 9.91. The number of carbonyl (C=O) groups is 2. The highest BCUT2D eigenvalue weighted by molar-refractivity contribution is 6.06. The van der Waals surface area contributed by atoms with Crippen LogP contribution in [0.25, 0.3) is 0 Å². The fourth-order valence-electron chi connectivity index (χ4n) is 3.88. The molecule has 1 saturated heterocycles. The molecule has 2 aliphatic rings. The molecule has 2 aromatic rings. The number of rotatable bonds is 3. The van der Waals surface area contributed by atoms with Gasteiger partial charge in [-0.1, -0.05) is 18.2 Å². The first-order valence-corrected chi connectivity index (χ1v) is 9.28. The van der Waals surface area contributed by atoms with Crippen molar-refractivity contribution in [3.05, 3.63) is 47.4 Å². The van der Waals surface area contributed by atoms with E-state index in [1.54, 1.807) is 11.0 Å². The monoisotopic (exact) mass is 365 g/mol. The summed E-state index contributed by atoms with van der Waals surface area (Å²) in [6.45, 7) is 6.59.